The van der Waals surface area contributed by atoms with Gasteiger partial charge in [-0.25, -0.2) is 0 Å². The van der Waals surface area contributed by atoms with Crippen LogP contribution >= 0.6 is 0 Å². The van der Waals surface area contributed by atoms with Crippen LogP contribution in [0.3, 0.4) is 0 Å². The fraction of sp³-hybridized carbons (Fsp3) is 0.176. The molecule has 0 spiro atoms. The fourth-order valence-corrected chi connectivity index (χ4v) is 4.73. The third-order valence-corrected chi connectivity index (χ3v) is 7.23. The van der Waals surface area contributed by atoms with Crippen molar-refractivity contribution in [3.05, 3.63) is 119 Å². The molecule has 0 amide bonds. The van der Waals surface area contributed by atoms with E-state index in [1.165, 1.54) is 0 Å². The molecule has 0 radical (unpaired) electrons. The summed E-state index contributed by atoms with van der Waals surface area (Å²) in [4.78, 5) is 9.74. The van der Waals surface area contributed by atoms with Crippen molar-refractivity contribution < 1.29 is 10.2 Å². The van der Waals surface area contributed by atoms with Crippen molar-refractivity contribution >= 4 is 34.0 Å². The van der Waals surface area contributed by atoms with E-state index >= 15 is 0 Å². The summed E-state index contributed by atoms with van der Waals surface area (Å²) in [5, 5.41) is 25.0. The number of fused-ring (bicyclic) bond motifs is 2. The Labute approximate surface area is 223 Å². The number of phenolic OH excluding ortho intramolecular Hbond substituents is 2. The molecule has 0 atom stereocenters. The molecule has 5 aromatic rings. The lowest BCUT2D eigenvalue weighted by Gasteiger charge is -2.24. The number of aliphatic imine (C=N–C) groups is 2. The zero-order valence-corrected chi connectivity index (χ0v) is 22.2. The lowest BCUT2D eigenvalue weighted by molar-refractivity contribution is 0.474. The van der Waals surface area contributed by atoms with Crippen molar-refractivity contribution in [1.82, 2.24) is 0 Å². The van der Waals surface area contributed by atoms with Gasteiger partial charge in [-0.15, -0.1) is 0 Å². The number of hydrogen-bond acceptors (Lipinski definition) is 4. The van der Waals surface area contributed by atoms with E-state index in [-0.39, 0.29) is 11.5 Å². The molecule has 0 unspecified atom stereocenters. The van der Waals surface area contributed by atoms with Gasteiger partial charge in [-0.3, -0.25) is 9.98 Å². The maximum Gasteiger partial charge on any atom is 0.124 e. The van der Waals surface area contributed by atoms with Crippen LogP contribution in [-0.2, 0) is 11.1 Å². The molecule has 0 heterocycles. The Bertz CT molecular complexity index is 1550. The zero-order chi connectivity index (χ0) is 26.9. The van der Waals surface area contributed by atoms with E-state index in [1.54, 1.807) is 24.6 Å². The van der Waals surface area contributed by atoms with Gasteiger partial charge in [0.15, 0.2) is 0 Å². The Morgan fingerprint density at radius 1 is 0.500 bits per heavy atom. The molecule has 5 rings (SSSR count). The van der Waals surface area contributed by atoms with Crippen molar-refractivity contribution in [2.45, 2.75) is 38.8 Å². The van der Waals surface area contributed by atoms with Crippen molar-refractivity contribution in [2.75, 3.05) is 0 Å². The summed E-state index contributed by atoms with van der Waals surface area (Å²) in [5.41, 5.74) is 2.57. The summed E-state index contributed by atoms with van der Waals surface area (Å²) >= 11 is 0. The fourth-order valence-electron chi connectivity index (χ4n) is 4.73. The van der Waals surface area contributed by atoms with Crippen LogP contribution in [-0.4, -0.2) is 22.6 Å². The quantitative estimate of drug-likeness (QED) is 0.231. The molecule has 0 bridgehead atoms. The van der Waals surface area contributed by atoms with E-state index in [0.29, 0.717) is 0 Å². The van der Waals surface area contributed by atoms with Crippen molar-refractivity contribution in [3.8, 4) is 11.5 Å². The van der Waals surface area contributed by atoms with Crippen LogP contribution < -0.4 is 0 Å². The maximum absolute atomic E-state index is 10.5. The Morgan fingerprint density at radius 2 is 0.868 bits per heavy atom. The highest BCUT2D eigenvalue weighted by Gasteiger charge is 2.23. The number of aromatic hydroxyl groups is 2. The van der Waals surface area contributed by atoms with Crippen LogP contribution in [0.1, 0.15) is 49.9 Å². The summed E-state index contributed by atoms with van der Waals surface area (Å²) in [6, 6.07) is 31.6. The predicted octanol–water partition coefficient (Wildman–Crippen LogP) is 8.11. The van der Waals surface area contributed by atoms with Crippen LogP contribution in [0.15, 0.2) is 107 Å². The molecule has 0 aromatic heterocycles. The first-order chi connectivity index (χ1) is 18.2. The molecule has 0 saturated heterocycles. The number of phenols is 2. The van der Waals surface area contributed by atoms with Gasteiger partial charge < -0.3 is 10.2 Å². The number of benzene rings is 5. The topological polar surface area (TPSA) is 65.2 Å². The summed E-state index contributed by atoms with van der Waals surface area (Å²) in [6.45, 7) is 8.25. The highest BCUT2D eigenvalue weighted by molar-refractivity contribution is 6.03. The lowest BCUT2D eigenvalue weighted by Crippen LogP contribution is -2.17. The largest absolute Gasteiger partial charge is 0.507 e. The Morgan fingerprint density at radius 3 is 1.26 bits per heavy atom. The molecule has 0 aliphatic heterocycles. The van der Waals surface area contributed by atoms with Gasteiger partial charge in [-0.2, -0.15) is 0 Å². The molecule has 2 N–H and O–H groups in total. The first kappa shape index (κ1) is 25.2. The summed E-state index contributed by atoms with van der Waals surface area (Å²) < 4.78 is 0. The third-order valence-electron chi connectivity index (χ3n) is 7.23. The van der Waals surface area contributed by atoms with Crippen LogP contribution in [0, 0.1) is 0 Å². The Kier molecular flexibility index (Phi) is 6.50. The highest BCUT2D eigenvalue weighted by Crippen LogP contribution is 2.32. The predicted molar refractivity (Wildman–Crippen MR) is 159 cm³/mol. The van der Waals surface area contributed by atoms with Gasteiger partial charge in [0.1, 0.15) is 11.5 Å². The van der Waals surface area contributed by atoms with E-state index in [0.717, 1.165) is 43.8 Å². The number of rotatable bonds is 6. The van der Waals surface area contributed by atoms with Gasteiger partial charge >= 0.3 is 0 Å². The zero-order valence-electron chi connectivity index (χ0n) is 22.2. The molecule has 0 fully saturated rings. The molecule has 0 aliphatic rings. The molecule has 5 aromatic carbocycles. The van der Waals surface area contributed by atoms with E-state index in [2.05, 4.69) is 52.0 Å². The minimum atomic E-state index is -0.496. The van der Waals surface area contributed by atoms with Crippen LogP contribution in [0.4, 0.5) is 0 Å². The first-order valence-corrected chi connectivity index (χ1v) is 12.8. The van der Waals surface area contributed by atoms with E-state index in [9.17, 15) is 10.2 Å². The average Bonchev–Trinajstić information content (AvgIpc) is 2.92. The molecule has 0 aliphatic carbocycles. The Balaban J connectivity index is 1.40. The van der Waals surface area contributed by atoms with Gasteiger partial charge in [0.2, 0.25) is 0 Å². The number of hydrogen-bond donors (Lipinski definition) is 2. The normalized spacial score (nSPS) is 12.7. The highest BCUT2D eigenvalue weighted by atomic mass is 16.3. The number of nitrogens with zero attached hydrogens (tertiary/aromatic N) is 2. The molecule has 38 heavy (non-hydrogen) atoms. The standard InChI is InChI=1S/C34H32N2O2/c1-33(2,35-21-29-27-11-7-5-9-23(27)13-19-31(29)37)25-15-17-26(18-16-25)34(3,4)36-22-30-28-12-8-6-10-24(28)14-20-32(30)38/h5-22,37-38H,1-4H3. The van der Waals surface area contributed by atoms with Gasteiger partial charge in [-0.1, -0.05) is 84.9 Å². The molecule has 4 nitrogen and oxygen atoms in total. The van der Waals surface area contributed by atoms with E-state index < -0.39 is 11.1 Å². The SMILES string of the molecule is CC(C)(N=Cc1c(O)ccc2ccccc12)c1ccc(C(C)(C)N=Cc2c(O)ccc3ccccc23)cc1. The van der Waals surface area contributed by atoms with Crippen LogP contribution in [0.2, 0.25) is 0 Å². The van der Waals surface area contributed by atoms with Crippen molar-refractivity contribution in [1.29, 1.82) is 0 Å². The summed E-state index contributed by atoms with van der Waals surface area (Å²) in [7, 11) is 0. The molecular formula is C34H32N2O2. The van der Waals surface area contributed by atoms with Crippen molar-refractivity contribution in [2.24, 2.45) is 9.98 Å². The van der Waals surface area contributed by atoms with Gasteiger partial charge in [0, 0.05) is 23.6 Å². The second-order valence-electron chi connectivity index (χ2n) is 10.7. The second-order valence-corrected chi connectivity index (χ2v) is 10.7. The molecule has 4 heteroatoms. The lowest BCUT2D eigenvalue weighted by atomic mass is 9.89. The van der Waals surface area contributed by atoms with Gasteiger partial charge in [-0.05, 0) is 72.5 Å². The second kappa shape index (κ2) is 9.79. The summed E-state index contributed by atoms with van der Waals surface area (Å²) in [5.74, 6) is 0.436. The Hall–Kier alpha value is -4.44. The monoisotopic (exact) mass is 500 g/mol. The van der Waals surface area contributed by atoms with Crippen LogP contribution in [0.25, 0.3) is 21.5 Å². The molecule has 190 valence electrons. The minimum absolute atomic E-state index is 0.218. The van der Waals surface area contributed by atoms with Crippen molar-refractivity contribution in [3.63, 3.8) is 0 Å². The molecular weight excluding hydrogens is 468 g/mol. The smallest absolute Gasteiger partial charge is 0.124 e. The average molecular weight is 501 g/mol. The van der Waals surface area contributed by atoms with Gasteiger partial charge in [0.25, 0.3) is 0 Å². The summed E-state index contributed by atoms with van der Waals surface area (Å²) in [6.07, 6.45) is 3.55. The van der Waals surface area contributed by atoms with Crippen LogP contribution in [0.5, 0.6) is 11.5 Å². The molecule has 0 saturated carbocycles. The minimum Gasteiger partial charge on any atom is -0.507 e. The maximum atomic E-state index is 10.5. The van der Waals surface area contributed by atoms with E-state index in [1.807, 2.05) is 60.7 Å². The first-order valence-electron chi connectivity index (χ1n) is 12.8. The van der Waals surface area contributed by atoms with Gasteiger partial charge in [0.05, 0.1) is 11.1 Å². The third kappa shape index (κ3) is 4.90. The van der Waals surface area contributed by atoms with E-state index in [4.69, 9.17) is 9.98 Å².